The summed E-state index contributed by atoms with van der Waals surface area (Å²) >= 11 is 0. The third-order valence-corrected chi connectivity index (χ3v) is 3.19. The Labute approximate surface area is 149 Å². The molecule has 0 heterocycles. The molecule has 0 aliphatic rings. The number of hydrogen-bond acceptors (Lipinski definition) is 6. The number of nitrogens with zero attached hydrogens (tertiary/aromatic N) is 2. The molecule has 0 radical (unpaired) electrons. The summed E-state index contributed by atoms with van der Waals surface area (Å²) in [5, 5.41) is 22.2. The minimum Gasteiger partial charge on any atom is -0.456 e. The number of halogens is 3. The van der Waals surface area contributed by atoms with Crippen molar-refractivity contribution in [3.05, 3.63) is 57.6 Å². The van der Waals surface area contributed by atoms with E-state index >= 15 is 0 Å². The molecule has 0 aliphatic heterocycles. The molecule has 27 heavy (non-hydrogen) atoms. The summed E-state index contributed by atoms with van der Waals surface area (Å²) < 4.78 is 48.3. The zero-order valence-corrected chi connectivity index (χ0v) is 13.5. The number of ether oxygens (including phenoxy) is 2. The lowest BCUT2D eigenvalue weighted by atomic mass is 10.1. The Kier molecular flexibility index (Phi) is 5.50. The molecule has 0 saturated heterocycles. The molecule has 0 aromatic heterocycles. The second-order valence-electron chi connectivity index (χ2n) is 4.95. The number of amides is 1. The van der Waals surface area contributed by atoms with Crippen molar-refractivity contribution < 1.29 is 32.4 Å². The Hall–Kier alpha value is -3.81. The van der Waals surface area contributed by atoms with Crippen molar-refractivity contribution in [3.63, 3.8) is 0 Å². The zero-order valence-electron chi connectivity index (χ0n) is 13.5. The molecule has 1 N–H and O–H groups in total. The summed E-state index contributed by atoms with van der Waals surface area (Å²) in [6.45, 7) is 0. The maximum Gasteiger partial charge on any atom is 0.416 e. The number of nitro groups is 1. The first-order chi connectivity index (χ1) is 12.7. The number of nitro benzene ring substituents is 1. The number of rotatable bonds is 4. The highest BCUT2D eigenvalue weighted by Gasteiger charge is 2.31. The van der Waals surface area contributed by atoms with Crippen LogP contribution in [0.1, 0.15) is 11.1 Å². The topological polar surface area (TPSA) is 114 Å². The van der Waals surface area contributed by atoms with E-state index in [0.717, 1.165) is 30.3 Å². The highest BCUT2D eigenvalue weighted by Crippen LogP contribution is 2.36. The molecule has 0 aliphatic carbocycles. The lowest BCUT2D eigenvalue weighted by molar-refractivity contribution is -0.385. The highest BCUT2D eigenvalue weighted by atomic mass is 19.4. The maximum absolute atomic E-state index is 12.7. The molecule has 0 unspecified atom stereocenters. The Morgan fingerprint density at radius 2 is 1.93 bits per heavy atom. The third kappa shape index (κ3) is 4.63. The van der Waals surface area contributed by atoms with Crippen molar-refractivity contribution in [3.8, 4) is 23.3 Å². The molecule has 2 rings (SSSR count). The molecule has 2 aromatic rings. The van der Waals surface area contributed by atoms with Crippen LogP contribution in [-0.2, 0) is 6.18 Å². The van der Waals surface area contributed by atoms with E-state index in [9.17, 15) is 28.1 Å². The second kappa shape index (κ2) is 7.61. The Bertz CT molecular complexity index is 938. The van der Waals surface area contributed by atoms with E-state index < -0.39 is 39.8 Å². The van der Waals surface area contributed by atoms with Gasteiger partial charge in [0.2, 0.25) is 5.75 Å². The van der Waals surface area contributed by atoms with Gasteiger partial charge in [-0.2, -0.15) is 18.4 Å². The van der Waals surface area contributed by atoms with Crippen molar-refractivity contribution in [1.29, 1.82) is 5.26 Å². The molecule has 0 atom stereocenters. The monoisotopic (exact) mass is 381 g/mol. The Morgan fingerprint density at radius 3 is 2.48 bits per heavy atom. The van der Waals surface area contributed by atoms with Gasteiger partial charge >= 0.3 is 18.0 Å². The van der Waals surface area contributed by atoms with Gasteiger partial charge in [0.05, 0.1) is 16.1 Å². The molecule has 2 aromatic carbocycles. The van der Waals surface area contributed by atoms with Crippen LogP contribution >= 0.6 is 0 Å². The molecular weight excluding hydrogens is 371 g/mol. The highest BCUT2D eigenvalue weighted by molar-refractivity contribution is 5.72. The Balaban J connectivity index is 2.40. The van der Waals surface area contributed by atoms with Crippen molar-refractivity contribution in [2.75, 3.05) is 7.05 Å². The molecule has 0 fully saturated rings. The predicted octanol–water partition coefficient (Wildman–Crippen LogP) is 4.00. The summed E-state index contributed by atoms with van der Waals surface area (Å²) in [6.07, 6.45) is -5.60. The van der Waals surface area contributed by atoms with E-state index in [-0.39, 0.29) is 11.5 Å². The molecule has 11 heteroatoms. The van der Waals surface area contributed by atoms with Gasteiger partial charge in [0.25, 0.3) is 0 Å². The van der Waals surface area contributed by atoms with Crippen LogP contribution in [0, 0.1) is 21.4 Å². The molecule has 8 nitrogen and oxygen atoms in total. The van der Waals surface area contributed by atoms with Gasteiger partial charge in [-0.3, -0.25) is 10.1 Å². The van der Waals surface area contributed by atoms with E-state index in [2.05, 4.69) is 5.32 Å². The second-order valence-corrected chi connectivity index (χ2v) is 4.95. The van der Waals surface area contributed by atoms with E-state index in [1.807, 2.05) is 0 Å². The van der Waals surface area contributed by atoms with Crippen LogP contribution in [0.2, 0.25) is 0 Å². The van der Waals surface area contributed by atoms with Crippen molar-refractivity contribution in [1.82, 2.24) is 5.32 Å². The maximum atomic E-state index is 12.7. The number of benzene rings is 2. The molecular formula is C16H10F3N3O5. The van der Waals surface area contributed by atoms with Crippen LogP contribution in [0.3, 0.4) is 0 Å². The van der Waals surface area contributed by atoms with Gasteiger partial charge in [-0.15, -0.1) is 0 Å². The first-order valence-electron chi connectivity index (χ1n) is 7.13. The quantitative estimate of drug-likeness (QED) is 0.632. The summed E-state index contributed by atoms with van der Waals surface area (Å²) in [5.41, 5.74) is -1.95. The van der Waals surface area contributed by atoms with Gasteiger partial charge in [0.15, 0.2) is 0 Å². The molecule has 140 valence electrons. The summed E-state index contributed by atoms with van der Waals surface area (Å²) in [4.78, 5) is 21.5. The van der Waals surface area contributed by atoms with Crippen LogP contribution in [-0.4, -0.2) is 18.1 Å². The van der Waals surface area contributed by atoms with Gasteiger partial charge in [0.1, 0.15) is 17.6 Å². The van der Waals surface area contributed by atoms with Crippen LogP contribution < -0.4 is 14.8 Å². The normalized spacial score (nSPS) is 10.6. The SMILES string of the molecule is CNC(=O)Oc1cc(Oc2ccc(C(F)(F)F)cc2C#N)ccc1[N+](=O)[O-]. The fraction of sp³-hybridized carbons (Fsp3) is 0.125. The number of alkyl halides is 3. The summed E-state index contributed by atoms with van der Waals surface area (Å²) in [6, 6.07) is 7.01. The number of carbonyl (C=O) groups excluding carboxylic acids is 1. The number of hydrogen-bond donors (Lipinski definition) is 1. The summed E-state index contributed by atoms with van der Waals surface area (Å²) in [5.74, 6) is -0.733. The van der Waals surface area contributed by atoms with Crippen molar-refractivity contribution >= 4 is 11.8 Å². The average molecular weight is 381 g/mol. The van der Waals surface area contributed by atoms with Gasteiger partial charge < -0.3 is 14.8 Å². The lowest BCUT2D eigenvalue weighted by Crippen LogP contribution is -2.22. The zero-order chi connectivity index (χ0) is 20.2. The van der Waals surface area contributed by atoms with Gasteiger partial charge in [0, 0.05) is 19.2 Å². The fourth-order valence-electron chi connectivity index (χ4n) is 1.95. The number of nitrogens with one attached hydrogen (secondary N) is 1. The van der Waals surface area contributed by atoms with Crippen molar-refractivity contribution in [2.45, 2.75) is 6.18 Å². The van der Waals surface area contributed by atoms with Crippen LogP contribution in [0.5, 0.6) is 17.2 Å². The molecule has 1 amide bonds. The lowest BCUT2D eigenvalue weighted by Gasteiger charge is -2.12. The Morgan fingerprint density at radius 1 is 1.22 bits per heavy atom. The number of carbonyl (C=O) groups is 1. The van der Waals surface area contributed by atoms with E-state index in [1.165, 1.54) is 7.05 Å². The van der Waals surface area contributed by atoms with Gasteiger partial charge in [-0.05, 0) is 24.3 Å². The first-order valence-corrected chi connectivity index (χ1v) is 7.13. The van der Waals surface area contributed by atoms with Crippen LogP contribution in [0.15, 0.2) is 36.4 Å². The molecule has 0 saturated carbocycles. The average Bonchev–Trinajstić information content (AvgIpc) is 2.60. The largest absolute Gasteiger partial charge is 0.456 e. The van der Waals surface area contributed by atoms with Gasteiger partial charge in [-0.1, -0.05) is 0 Å². The minimum absolute atomic E-state index is 0.0873. The molecule has 0 spiro atoms. The minimum atomic E-state index is -4.63. The van der Waals surface area contributed by atoms with Crippen LogP contribution in [0.25, 0.3) is 0 Å². The van der Waals surface area contributed by atoms with Crippen molar-refractivity contribution in [2.24, 2.45) is 0 Å². The van der Waals surface area contributed by atoms with Crippen LogP contribution in [0.4, 0.5) is 23.7 Å². The van der Waals surface area contributed by atoms with E-state index in [1.54, 1.807) is 6.07 Å². The summed E-state index contributed by atoms with van der Waals surface area (Å²) in [7, 11) is 1.25. The fourth-order valence-corrected chi connectivity index (χ4v) is 1.95. The van der Waals surface area contributed by atoms with E-state index in [0.29, 0.717) is 6.07 Å². The smallest absolute Gasteiger partial charge is 0.416 e. The standard InChI is InChI=1S/C16H10F3N3O5/c1-21-15(23)27-14-7-11(3-4-12(14)22(24)25)26-13-5-2-10(16(17,18)19)6-9(13)8-20/h2-7H,1H3,(H,21,23). The first kappa shape index (κ1) is 19.5. The van der Waals surface area contributed by atoms with Gasteiger partial charge in [-0.25, -0.2) is 4.79 Å². The molecule has 0 bridgehead atoms. The number of nitriles is 1. The predicted molar refractivity (Wildman–Crippen MR) is 84.4 cm³/mol. The third-order valence-electron chi connectivity index (χ3n) is 3.19. The van der Waals surface area contributed by atoms with E-state index in [4.69, 9.17) is 14.7 Å².